The van der Waals surface area contributed by atoms with Crippen molar-refractivity contribution in [2.45, 2.75) is 101 Å². The Morgan fingerprint density at radius 1 is 0.898 bits per heavy atom. The fourth-order valence-electron chi connectivity index (χ4n) is 5.31. The maximum absolute atomic E-state index is 13.1. The number of nitrogens with zero attached hydrogens (tertiary/aromatic N) is 1. The van der Waals surface area contributed by atoms with E-state index in [0.29, 0.717) is 50.5 Å². The summed E-state index contributed by atoms with van der Waals surface area (Å²) in [6.07, 6.45) is -0.0108. The molecule has 1 aromatic carbocycles. The third-order valence-corrected chi connectivity index (χ3v) is 10.3. The molecule has 1 aliphatic rings. The summed E-state index contributed by atoms with van der Waals surface area (Å²) in [6, 6.07) is 5.48. The lowest BCUT2D eigenvalue weighted by Gasteiger charge is -2.20. The quantitative estimate of drug-likeness (QED) is 0.0212. The molecule has 2 rings (SSSR count). The van der Waals surface area contributed by atoms with Crippen LogP contribution in [0, 0.1) is 0 Å². The lowest BCUT2D eigenvalue weighted by Crippen LogP contribution is -2.50. The molecule has 4 amide bonds. The minimum absolute atomic E-state index is 0.0336. The third kappa shape index (κ3) is 21.1. The van der Waals surface area contributed by atoms with Crippen LogP contribution in [0.2, 0.25) is 0 Å². The standard InChI is InChI=1S/C36H53N6O15PS/c37-23(33(49)50)13-14-27(43)40-25(31(47)39-18-29(44)45)20-59-26-17-28(58)42(32(26)48)16-8-2-5-12-30(46)56-21-57-35(53)38-15-7-6-11-24(34(51)52)41-36(54)55-19-22-9-3-1-4-10-22/h1,3-4,9-10,23-26,36,41,54,58H,2,5-8,11-21,37H2,(H,38,53)(H,39,47)(H,40,43)(H,44,45)(H,49,50)(H,51,52)/t23-,24-,25-,26?,36?/m0/s1. The molecule has 10 N–H and O–H groups in total. The Morgan fingerprint density at radius 3 is 2.31 bits per heavy atom. The van der Waals surface area contributed by atoms with Gasteiger partial charge < -0.3 is 61.2 Å². The van der Waals surface area contributed by atoms with Gasteiger partial charge in [-0.05, 0) is 44.1 Å². The van der Waals surface area contributed by atoms with E-state index in [1.54, 1.807) is 12.1 Å². The number of carbonyl (C=O) groups is 8. The van der Waals surface area contributed by atoms with Crippen molar-refractivity contribution in [1.29, 1.82) is 0 Å². The molecule has 0 aromatic heterocycles. The molecule has 1 fully saturated rings. The van der Waals surface area contributed by atoms with E-state index in [-0.39, 0.29) is 50.5 Å². The number of hydrogen-bond donors (Lipinski definition) is 9. The number of likely N-dealkylation sites (tertiary alicyclic amines) is 1. The molecule has 1 saturated heterocycles. The maximum atomic E-state index is 13.1. The average molecular weight is 873 g/mol. The predicted molar refractivity (Wildman–Crippen MR) is 213 cm³/mol. The molecular weight excluding hydrogens is 819 g/mol. The zero-order valence-corrected chi connectivity index (χ0v) is 34.1. The third-order valence-electron chi connectivity index (χ3n) is 8.53. The van der Waals surface area contributed by atoms with Gasteiger partial charge >= 0.3 is 30.0 Å². The van der Waals surface area contributed by atoms with Crippen LogP contribution >= 0.6 is 20.6 Å². The second-order valence-electron chi connectivity index (χ2n) is 13.2. The Labute approximate surface area is 346 Å². The number of carbonyl (C=O) groups excluding carboxylic acids is 5. The highest BCUT2D eigenvalue weighted by molar-refractivity contribution is 8.00. The van der Waals surface area contributed by atoms with Crippen molar-refractivity contribution in [3.63, 3.8) is 0 Å². The second-order valence-corrected chi connectivity index (χ2v) is 15.0. The number of nitrogens with one attached hydrogen (secondary N) is 4. The van der Waals surface area contributed by atoms with Crippen LogP contribution in [0.5, 0.6) is 0 Å². The van der Waals surface area contributed by atoms with Crippen LogP contribution in [0.1, 0.15) is 69.8 Å². The Balaban J connectivity index is 1.60. The number of esters is 1. The Bertz CT molecular complexity index is 1590. The molecule has 59 heavy (non-hydrogen) atoms. The van der Waals surface area contributed by atoms with Gasteiger partial charge in [0.2, 0.25) is 30.9 Å². The van der Waals surface area contributed by atoms with Crippen LogP contribution < -0.4 is 27.0 Å². The molecule has 23 heteroatoms. The van der Waals surface area contributed by atoms with Crippen molar-refractivity contribution in [3.05, 3.63) is 35.9 Å². The van der Waals surface area contributed by atoms with Crippen molar-refractivity contribution in [1.82, 2.24) is 26.2 Å². The molecule has 1 aromatic rings. The van der Waals surface area contributed by atoms with E-state index in [9.17, 15) is 48.6 Å². The number of aliphatic hydroxyl groups is 1. The Morgan fingerprint density at radius 2 is 1.63 bits per heavy atom. The molecule has 0 aliphatic carbocycles. The smallest absolute Gasteiger partial charge is 0.410 e. The van der Waals surface area contributed by atoms with Gasteiger partial charge in [-0.1, -0.05) is 45.6 Å². The number of aliphatic hydroxyl groups excluding tert-OH is 1. The molecule has 0 saturated carbocycles. The van der Waals surface area contributed by atoms with Crippen LogP contribution in [0.4, 0.5) is 4.79 Å². The number of carboxylic acids is 3. The van der Waals surface area contributed by atoms with Crippen molar-refractivity contribution in [2.24, 2.45) is 5.73 Å². The minimum atomic E-state index is -1.49. The first kappa shape index (κ1) is 50.3. The molecule has 0 bridgehead atoms. The van der Waals surface area contributed by atoms with Crippen molar-refractivity contribution < 1.29 is 73.0 Å². The zero-order chi connectivity index (χ0) is 43.7. The van der Waals surface area contributed by atoms with Gasteiger partial charge in [0.05, 0.1) is 11.9 Å². The molecule has 5 atom stereocenters. The first-order valence-electron chi connectivity index (χ1n) is 18.7. The normalized spacial score (nSPS) is 15.7. The molecule has 1 heterocycles. The van der Waals surface area contributed by atoms with Crippen LogP contribution in [0.3, 0.4) is 0 Å². The van der Waals surface area contributed by atoms with Crippen LogP contribution in [0.15, 0.2) is 30.3 Å². The zero-order valence-electron chi connectivity index (χ0n) is 32.3. The number of carboxylic acid groups (broad SMARTS) is 3. The topological polar surface area (TPSA) is 323 Å². The van der Waals surface area contributed by atoms with Gasteiger partial charge in [-0.2, -0.15) is 0 Å². The van der Waals surface area contributed by atoms with Gasteiger partial charge in [0.25, 0.3) is 0 Å². The molecule has 21 nitrogen and oxygen atoms in total. The number of amides is 4. The summed E-state index contributed by atoms with van der Waals surface area (Å²) in [5.41, 5.74) is 6.84. The minimum Gasteiger partial charge on any atom is -0.480 e. The summed E-state index contributed by atoms with van der Waals surface area (Å²) in [4.78, 5) is 97.1. The van der Waals surface area contributed by atoms with E-state index >= 15 is 0 Å². The van der Waals surface area contributed by atoms with E-state index < -0.39 is 84.9 Å². The number of unbranched alkanes of at least 4 members (excludes halogenated alkanes) is 3. The highest BCUT2D eigenvalue weighted by Crippen LogP contribution is 2.28. The largest absolute Gasteiger partial charge is 0.480 e. The Hall–Kier alpha value is -4.86. The summed E-state index contributed by atoms with van der Waals surface area (Å²) in [5, 5.41) is 46.3. The van der Waals surface area contributed by atoms with E-state index in [2.05, 4.69) is 30.1 Å². The Kier molecular flexibility index (Phi) is 23.7. The number of aliphatic carboxylic acids is 3. The SMILES string of the molecule is N[C@@H](CCC(=O)N[C@@H](CSC1CC(=P)N(CCCCCC(=O)OCOC(=O)NCCCC[C@H](NC(O)OCc2ccccc2)C(=O)O)C1=O)C(=O)NCC(=O)O)C(=O)O. The fourth-order valence-corrected chi connectivity index (χ4v) is 7.09. The van der Waals surface area contributed by atoms with Gasteiger partial charge in [-0.25, -0.2) is 4.79 Å². The van der Waals surface area contributed by atoms with Gasteiger partial charge in [0.15, 0.2) is 0 Å². The number of benzene rings is 1. The fraction of sp³-hybridized carbons (Fsp3) is 0.583. The van der Waals surface area contributed by atoms with E-state index in [4.69, 9.17) is 30.2 Å². The van der Waals surface area contributed by atoms with Gasteiger partial charge in [0, 0.05) is 43.5 Å². The molecular formula is C36H53N6O15PS. The summed E-state index contributed by atoms with van der Waals surface area (Å²) in [6.45, 7) is -0.722. The van der Waals surface area contributed by atoms with E-state index in [1.165, 1.54) is 4.90 Å². The summed E-state index contributed by atoms with van der Waals surface area (Å²) < 4.78 is 15.0. The number of hydrogen-bond acceptors (Lipinski definition) is 15. The van der Waals surface area contributed by atoms with Crippen molar-refractivity contribution in [2.75, 3.05) is 32.2 Å². The lowest BCUT2D eigenvalue weighted by molar-refractivity contribution is -0.155. The van der Waals surface area contributed by atoms with Crippen molar-refractivity contribution in [3.8, 4) is 0 Å². The van der Waals surface area contributed by atoms with Gasteiger partial charge in [-0.15, -0.1) is 11.8 Å². The average Bonchev–Trinajstić information content (AvgIpc) is 3.46. The molecule has 0 spiro atoms. The van der Waals surface area contributed by atoms with Gasteiger partial charge in [-0.3, -0.25) is 38.9 Å². The summed E-state index contributed by atoms with van der Waals surface area (Å²) in [7, 11) is 3.47. The molecule has 1 aliphatic heterocycles. The van der Waals surface area contributed by atoms with Crippen LogP contribution in [0.25, 0.3) is 0 Å². The number of ether oxygens (including phenoxy) is 3. The first-order valence-corrected chi connectivity index (χ1v) is 20.3. The number of nitrogens with two attached hydrogens (primary N) is 1. The molecule has 2 unspecified atom stereocenters. The van der Waals surface area contributed by atoms with Crippen LogP contribution in [-0.2, 0) is 54.4 Å². The summed E-state index contributed by atoms with van der Waals surface area (Å²) >= 11 is 1.09. The lowest BCUT2D eigenvalue weighted by atomic mass is 10.1. The van der Waals surface area contributed by atoms with E-state index in [0.717, 1.165) is 17.3 Å². The number of alkyl carbamates (subject to hydrolysis) is 1. The highest BCUT2D eigenvalue weighted by Gasteiger charge is 2.36. The highest BCUT2D eigenvalue weighted by atomic mass is 32.2. The van der Waals surface area contributed by atoms with Gasteiger partial charge in [0.1, 0.15) is 24.7 Å². The summed E-state index contributed by atoms with van der Waals surface area (Å²) in [5.74, 6) is -6.14. The maximum Gasteiger partial charge on any atom is 0.410 e. The first-order chi connectivity index (χ1) is 28.1. The second kappa shape index (κ2) is 27.8. The monoisotopic (exact) mass is 872 g/mol. The molecule has 328 valence electrons. The van der Waals surface area contributed by atoms with Crippen molar-refractivity contribution >= 4 is 73.7 Å². The van der Waals surface area contributed by atoms with Crippen LogP contribution in [-0.4, -0.2) is 140 Å². The van der Waals surface area contributed by atoms with E-state index in [1.807, 2.05) is 18.2 Å². The predicted octanol–water partition coefficient (Wildman–Crippen LogP) is -0.0360. The molecule has 0 radical (unpaired) electrons. The number of thioether (sulfide) groups is 1. The number of rotatable bonds is 30.